The van der Waals surface area contributed by atoms with Gasteiger partial charge in [0.05, 0.1) is 17.0 Å². The molecular weight excluding hydrogens is 366 g/mol. The first-order chi connectivity index (χ1) is 13.9. The number of hydrogen-bond acceptors (Lipinski definition) is 4. The maximum Gasteiger partial charge on any atom is 0.254 e. The van der Waals surface area contributed by atoms with E-state index in [9.17, 15) is 14.4 Å². The fraction of sp³-hybridized carbons (Fsp3) is 0.348. The molecule has 2 amide bonds. The number of Topliss-reactive ketones (excluding diaryl/α,β-unsaturated/α-hetero) is 1. The van der Waals surface area contributed by atoms with Gasteiger partial charge in [-0.1, -0.05) is 48.5 Å². The Kier molecular flexibility index (Phi) is 4.74. The molecular formula is C23H25N3O3. The predicted molar refractivity (Wildman–Crippen MR) is 109 cm³/mol. The molecule has 2 aliphatic rings. The quantitative estimate of drug-likeness (QED) is 0.870. The summed E-state index contributed by atoms with van der Waals surface area (Å²) in [7, 11) is 0. The van der Waals surface area contributed by atoms with Crippen molar-refractivity contribution >= 4 is 17.6 Å². The first kappa shape index (κ1) is 19.3. The van der Waals surface area contributed by atoms with Gasteiger partial charge in [-0.15, -0.1) is 0 Å². The van der Waals surface area contributed by atoms with Crippen molar-refractivity contribution in [3.8, 4) is 0 Å². The molecule has 0 aliphatic carbocycles. The van der Waals surface area contributed by atoms with Crippen molar-refractivity contribution in [3.63, 3.8) is 0 Å². The zero-order valence-corrected chi connectivity index (χ0v) is 16.7. The zero-order chi connectivity index (χ0) is 20.8. The Hall–Kier alpha value is -2.99. The first-order valence-electron chi connectivity index (χ1n) is 9.92. The van der Waals surface area contributed by atoms with Crippen LogP contribution in [-0.2, 0) is 4.79 Å². The number of fused-ring (bicyclic) bond motifs is 2. The Bertz CT molecular complexity index is 974. The number of benzene rings is 2. The first-order valence-corrected chi connectivity index (χ1v) is 9.92. The van der Waals surface area contributed by atoms with Crippen LogP contribution in [0.2, 0.25) is 0 Å². The lowest BCUT2D eigenvalue weighted by atomic mass is 9.78. The van der Waals surface area contributed by atoms with E-state index in [1.807, 2.05) is 44.2 Å². The van der Waals surface area contributed by atoms with Gasteiger partial charge in [0.15, 0.2) is 5.78 Å². The molecule has 3 atom stereocenters. The summed E-state index contributed by atoms with van der Waals surface area (Å²) in [5.41, 5.74) is 6.96. The van der Waals surface area contributed by atoms with Crippen LogP contribution in [0.5, 0.6) is 0 Å². The van der Waals surface area contributed by atoms with Crippen molar-refractivity contribution in [2.75, 3.05) is 19.6 Å². The van der Waals surface area contributed by atoms with Gasteiger partial charge in [0.25, 0.3) is 5.91 Å². The third-order valence-corrected chi connectivity index (χ3v) is 6.28. The van der Waals surface area contributed by atoms with E-state index >= 15 is 0 Å². The molecule has 0 spiro atoms. The minimum atomic E-state index is -0.871. The molecule has 0 saturated carbocycles. The minimum absolute atomic E-state index is 0.0917. The summed E-state index contributed by atoms with van der Waals surface area (Å²) < 4.78 is 0. The lowest BCUT2D eigenvalue weighted by Crippen LogP contribution is -2.49. The van der Waals surface area contributed by atoms with Gasteiger partial charge in [0, 0.05) is 25.2 Å². The molecule has 0 radical (unpaired) electrons. The third-order valence-electron chi connectivity index (χ3n) is 6.28. The highest BCUT2D eigenvalue weighted by atomic mass is 16.2. The molecule has 150 valence electrons. The number of amides is 2. The van der Waals surface area contributed by atoms with Gasteiger partial charge in [-0.25, -0.2) is 0 Å². The topological polar surface area (TPSA) is 83.7 Å². The monoisotopic (exact) mass is 391 g/mol. The lowest BCUT2D eigenvalue weighted by molar-refractivity contribution is -0.132. The second-order valence-corrected chi connectivity index (χ2v) is 8.01. The molecule has 0 bridgehead atoms. The van der Waals surface area contributed by atoms with Crippen LogP contribution in [0.15, 0.2) is 54.6 Å². The van der Waals surface area contributed by atoms with Crippen LogP contribution in [0, 0.1) is 5.41 Å². The van der Waals surface area contributed by atoms with E-state index in [1.165, 1.54) is 0 Å². The molecule has 2 heterocycles. The third kappa shape index (κ3) is 2.95. The Labute approximate surface area is 170 Å². The van der Waals surface area contributed by atoms with Crippen molar-refractivity contribution in [1.29, 1.82) is 0 Å². The van der Waals surface area contributed by atoms with Gasteiger partial charge in [0.1, 0.15) is 6.04 Å². The van der Waals surface area contributed by atoms with E-state index in [-0.39, 0.29) is 30.2 Å². The molecule has 2 N–H and O–H groups in total. The highest BCUT2D eigenvalue weighted by Gasteiger charge is 2.55. The summed E-state index contributed by atoms with van der Waals surface area (Å²) in [6, 6.07) is 15.0. The molecule has 4 rings (SSSR count). The normalized spacial score (nSPS) is 24.7. The molecule has 1 fully saturated rings. The number of nitrogens with two attached hydrogens (primary N) is 1. The molecule has 29 heavy (non-hydrogen) atoms. The van der Waals surface area contributed by atoms with Crippen molar-refractivity contribution in [3.05, 3.63) is 71.3 Å². The van der Waals surface area contributed by atoms with E-state index in [1.54, 1.807) is 34.1 Å². The van der Waals surface area contributed by atoms with Crippen molar-refractivity contribution < 1.29 is 14.4 Å². The minimum Gasteiger partial charge on any atom is -0.338 e. The molecule has 2 aromatic carbocycles. The summed E-state index contributed by atoms with van der Waals surface area (Å²) in [5.74, 6) is -0.479. The van der Waals surface area contributed by atoms with E-state index in [0.29, 0.717) is 24.2 Å². The van der Waals surface area contributed by atoms with Gasteiger partial charge in [-0.2, -0.15) is 0 Å². The lowest BCUT2D eigenvalue weighted by Gasteiger charge is -2.34. The van der Waals surface area contributed by atoms with Crippen LogP contribution in [-0.4, -0.2) is 53.1 Å². The predicted octanol–water partition coefficient (Wildman–Crippen LogP) is 2.26. The molecule has 0 aromatic heterocycles. The summed E-state index contributed by atoms with van der Waals surface area (Å²) in [6.45, 7) is 4.77. The second kappa shape index (κ2) is 7.12. The number of ketones is 1. The summed E-state index contributed by atoms with van der Waals surface area (Å²) in [6.07, 6.45) is 0. The van der Waals surface area contributed by atoms with E-state index < -0.39 is 11.5 Å². The Morgan fingerprint density at radius 2 is 1.72 bits per heavy atom. The van der Waals surface area contributed by atoms with Gasteiger partial charge in [-0.05, 0) is 25.5 Å². The summed E-state index contributed by atoms with van der Waals surface area (Å²) >= 11 is 0. The average molecular weight is 391 g/mol. The zero-order valence-electron chi connectivity index (χ0n) is 16.7. The molecule has 6 nitrogen and oxygen atoms in total. The van der Waals surface area contributed by atoms with Gasteiger partial charge in [-0.3, -0.25) is 14.4 Å². The van der Waals surface area contributed by atoms with Crippen molar-refractivity contribution in [1.82, 2.24) is 9.80 Å². The number of carbonyl (C=O) groups is 3. The van der Waals surface area contributed by atoms with Gasteiger partial charge in [0.2, 0.25) is 5.91 Å². The maximum atomic E-state index is 13.5. The van der Waals surface area contributed by atoms with E-state index in [4.69, 9.17) is 5.73 Å². The molecule has 1 saturated heterocycles. The molecule has 2 aromatic rings. The van der Waals surface area contributed by atoms with Crippen LogP contribution in [0.4, 0.5) is 0 Å². The second-order valence-electron chi connectivity index (χ2n) is 8.01. The largest absolute Gasteiger partial charge is 0.338 e. The average Bonchev–Trinajstić information content (AvgIpc) is 3.09. The van der Waals surface area contributed by atoms with Gasteiger partial charge < -0.3 is 15.5 Å². The smallest absolute Gasteiger partial charge is 0.254 e. The number of rotatable bonds is 3. The highest BCUT2D eigenvalue weighted by molar-refractivity contribution is 6.12. The van der Waals surface area contributed by atoms with Crippen LogP contribution in [0.25, 0.3) is 0 Å². The standard InChI is InChI=1S/C23H25N3O3/c1-3-26-18-13-25(22(29)19(24)15-9-5-4-6-10-15)14-23(18,2)20(27)16-11-7-8-12-17(16)21(26)28/h4-12,18-19H,3,13-14,24H2,1-2H3/t18-,19?,23+/m1/s1. The van der Waals surface area contributed by atoms with Crippen LogP contribution in [0.1, 0.15) is 46.2 Å². The van der Waals surface area contributed by atoms with Crippen LogP contribution >= 0.6 is 0 Å². The number of likely N-dealkylation sites (tertiary alicyclic amines) is 1. The van der Waals surface area contributed by atoms with Crippen LogP contribution < -0.4 is 5.73 Å². The van der Waals surface area contributed by atoms with E-state index in [2.05, 4.69) is 0 Å². The number of nitrogens with zero attached hydrogens (tertiary/aromatic N) is 2. The van der Waals surface area contributed by atoms with Crippen molar-refractivity contribution in [2.24, 2.45) is 11.1 Å². The Morgan fingerprint density at radius 3 is 2.38 bits per heavy atom. The fourth-order valence-electron chi connectivity index (χ4n) is 4.65. The number of hydrogen-bond donors (Lipinski definition) is 1. The molecule has 2 aliphatic heterocycles. The van der Waals surface area contributed by atoms with Crippen molar-refractivity contribution in [2.45, 2.75) is 25.9 Å². The Morgan fingerprint density at radius 1 is 1.10 bits per heavy atom. The highest BCUT2D eigenvalue weighted by Crippen LogP contribution is 2.41. The number of likely N-dealkylation sites (N-methyl/N-ethyl adjacent to an activating group) is 1. The summed E-state index contributed by atoms with van der Waals surface area (Å²) in [4.78, 5) is 43.2. The SMILES string of the molecule is CCN1C(=O)c2ccccc2C(=O)[C@@]2(C)CN(C(=O)C(N)c3ccccc3)C[C@@H]12. The Balaban J connectivity index is 1.70. The van der Waals surface area contributed by atoms with E-state index in [0.717, 1.165) is 5.56 Å². The molecule has 1 unspecified atom stereocenters. The summed E-state index contributed by atoms with van der Waals surface area (Å²) in [5, 5.41) is 0. The van der Waals surface area contributed by atoms with Crippen LogP contribution in [0.3, 0.4) is 0 Å². The maximum absolute atomic E-state index is 13.5. The van der Waals surface area contributed by atoms with Gasteiger partial charge >= 0.3 is 0 Å². The molecule has 6 heteroatoms. The fourth-order valence-corrected chi connectivity index (χ4v) is 4.65. The number of carbonyl (C=O) groups excluding carboxylic acids is 3.